The van der Waals surface area contributed by atoms with E-state index in [2.05, 4.69) is 34.2 Å². The number of pyridine rings is 1. The predicted octanol–water partition coefficient (Wildman–Crippen LogP) is 3.29. The molecule has 3 aromatic heterocycles. The highest BCUT2D eigenvalue weighted by molar-refractivity contribution is 5.55. The van der Waals surface area contributed by atoms with E-state index >= 15 is 0 Å². The average molecular weight is 297 g/mol. The molecule has 0 atom stereocenters. The molecule has 6 nitrogen and oxygen atoms in total. The standard InChI is InChI=1S/C16H19N5O/c1-11(2)9-18-14-8-15(22-13-4-6-17-7-5-13)20-16-12(3)10-19-21(14)16/h4-8,10-11,18H,9H2,1-3H3. The van der Waals surface area contributed by atoms with Gasteiger partial charge in [-0.3, -0.25) is 4.98 Å². The van der Waals surface area contributed by atoms with Crippen LogP contribution in [-0.4, -0.2) is 26.1 Å². The molecule has 114 valence electrons. The maximum atomic E-state index is 5.83. The Morgan fingerprint density at radius 1 is 1.27 bits per heavy atom. The predicted molar refractivity (Wildman–Crippen MR) is 85.4 cm³/mol. The Hall–Kier alpha value is -2.63. The largest absolute Gasteiger partial charge is 0.439 e. The third-order valence-electron chi connectivity index (χ3n) is 3.19. The van der Waals surface area contributed by atoms with E-state index < -0.39 is 0 Å². The van der Waals surface area contributed by atoms with Gasteiger partial charge in [-0.2, -0.15) is 14.6 Å². The highest BCUT2D eigenvalue weighted by Crippen LogP contribution is 2.24. The van der Waals surface area contributed by atoms with E-state index in [1.807, 2.05) is 13.0 Å². The quantitative estimate of drug-likeness (QED) is 0.783. The highest BCUT2D eigenvalue weighted by Gasteiger charge is 2.11. The van der Waals surface area contributed by atoms with Gasteiger partial charge in [0.25, 0.3) is 0 Å². The lowest BCUT2D eigenvalue weighted by molar-refractivity contribution is 0.462. The van der Waals surface area contributed by atoms with Crippen molar-refractivity contribution in [3.63, 3.8) is 0 Å². The van der Waals surface area contributed by atoms with Crippen molar-refractivity contribution in [1.29, 1.82) is 0 Å². The van der Waals surface area contributed by atoms with Crippen LogP contribution in [0.5, 0.6) is 11.6 Å². The van der Waals surface area contributed by atoms with Gasteiger partial charge in [0.15, 0.2) is 5.65 Å². The van der Waals surface area contributed by atoms with E-state index in [9.17, 15) is 0 Å². The first-order valence-corrected chi connectivity index (χ1v) is 7.30. The second-order valence-electron chi connectivity index (χ2n) is 5.60. The van der Waals surface area contributed by atoms with Crippen LogP contribution in [0.1, 0.15) is 19.4 Å². The molecular weight excluding hydrogens is 278 g/mol. The second kappa shape index (κ2) is 6.01. The summed E-state index contributed by atoms with van der Waals surface area (Å²) in [4.78, 5) is 8.52. The summed E-state index contributed by atoms with van der Waals surface area (Å²) in [5, 5.41) is 7.77. The average Bonchev–Trinajstić information content (AvgIpc) is 2.87. The molecule has 0 saturated carbocycles. The molecule has 0 spiro atoms. The molecule has 3 heterocycles. The Balaban J connectivity index is 1.98. The van der Waals surface area contributed by atoms with E-state index in [0.717, 1.165) is 23.6 Å². The summed E-state index contributed by atoms with van der Waals surface area (Å²) < 4.78 is 7.63. The molecule has 0 aliphatic rings. The van der Waals surface area contributed by atoms with Crippen molar-refractivity contribution >= 4 is 11.5 Å². The summed E-state index contributed by atoms with van der Waals surface area (Å²) in [7, 11) is 0. The number of fused-ring (bicyclic) bond motifs is 1. The first-order valence-electron chi connectivity index (χ1n) is 7.30. The molecule has 0 bridgehead atoms. The summed E-state index contributed by atoms with van der Waals surface area (Å²) in [6.45, 7) is 7.16. The molecule has 6 heteroatoms. The van der Waals surface area contributed by atoms with Crippen LogP contribution >= 0.6 is 0 Å². The number of aryl methyl sites for hydroxylation is 1. The molecule has 0 unspecified atom stereocenters. The third-order valence-corrected chi connectivity index (χ3v) is 3.19. The topological polar surface area (TPSA) is 64.3 Å². The zero-order valence-corrected chi connectivity index (χ0v) is 12.9. The molecule has 3 aromatic rings. The summed E-state index contributed by atoms with van der Waals surface area (Å²) in [5.41, 5.74) is 1.80. The number of hydrogen-bond acceptors (Lipinski definition) is 5. The second-order valence-corrected chi connectivity index (χ2v) is 5.60. The van der Waals surface area contributed by atoms with E-state index in [1.165, 1.54) is 0 Å². The van der Waals surface area contributed by atoms with Crippen molar-refractivity contribution in [2.45, 2.75) is 20.8 Å². The zero-order valence-electron chi connectivity index (χ0n) is 12.9. The van der Waals surface area contributed by atoms with Gasteiger partial charge >= 0.3 is 0 Å². The van der Waals surface area contributed by atoms with Gasteiger partial charge in [-0.05, 0) is 25.0 Å². The molecule has 0 aliphatic carbocycles. The van der Waals surface area contributed by atoms with Crippen molar-refractivity contribution in [2.24, 2.45) is 5.92 Å². The van der Waals surface area contributed by atoms with Crippen LogP contribution < -0.4 is 10.1 Å². The maximum absolute atomic E-state index is 5.83. The molecule has 0 aromatic carbocycles. The van der Waals surface area contributed by atoms with Gasteiger partial charge in [-0.25, -0.2) is 0 Å². The molecule has 3 rings (SSSR count). The van der Waals surface area contributed by atoms with E-state index in [1.54, 1.807) is 35.2 Å². The van der Waals surface area contributed by atoms with Crippen molar-refractivity contribution in [3.8, 4) is 11.6 Å². The lowest BCUT2D eigenvalue weighted by Crippen LogP contribution is -2.12. The fourth-order valence-electron chi connectivity index (χ4n) is 2.06. The first-order chi connectivity index (χ1) is 10.6. The van der Waals surface area contributed by atoms with Gasteiger partial charge in [0.2, 0.25) is 5.88 Å². The van der Waals surface area contributed by atoms with E-state index in [4.69, 9.17) is 4.74 Å². The molecule has 22 heavy (non-hydrogen) atoms. The monoisotopic (exact) mass is 297 g/mol. The van der Waals surface area contributed by atoms with Gasteiger partial charge in [-0.15, -0.1) is 0 Å². The Labute approximate surface area is 129 Å². The molecule has 0 radical (unpaired) electrons. The number of ether oxygens (including phenoxy) is 1. The van der Waals surface area contributed by atoms with Crippen LogP contribution in [0.4, 0.5) is 5.82 Å². The summed E-state index contributed by atoms with van der Waals surface area (Å²) in [6, 6.07) is 5.47. The van der Waals surface area contributed by atoms with Crippen LogP contribution in [0.25, 0.3) is 5.65 Å². The normalized spacial score (nSPS) is 11.1. The van der Waals surface area contributed by atoms with Crippen LogP contribution in [0.15, 0.2) is 36.8 Å². The minimum atomic E-state index is 0.532. The molecule has 0 amide bonds. The fourth-order valence-corrected chi connectivity index (χ4v) is 2.06. The first kappa shape index (κ1) is 14.3. The van der Waals surface area contributed by atoms with Gasteiger partial charge < -0.3 is 10.1 Å². The third kappa shape index (κ3) is 3.00. The van der Waals surface area contributed by atoms with Gasteiger partial charge in [0, 0.05) is 30.6 Å². The molecule has 1 N–H and O–H groups in total. The van der Waals surface area contributed by atoms with Gasteiger partial charge in [0.1, 0.15) is 11.6 Å². The Morgan fingerprint density at radius 2 is 2.05 bits per heavy atom. The van der Waals surface area contributed by atoms with Crippen LogP contribution in [0.3, 0.4) is 0 Å². The van der Waals surface area contributed by atoms with Gasteiger partial charge in [0.05, 0.1) is 6.20 Å². The highest BCUT2D eigenvalue weighted by atomic mass is 16.5. The molecule has 0 saturated heterocycles. The summed E-state index contributed by atoms with van der Waals surface area (Å²) in [5.74, 6) is 2.65. The maximum Gasteiger partial charge on any atom is 0.224 e. The minimum absolute atomic E-state index is 0.532. The number of anilines is 1. The van der Waals surface area contributed by atoms with E-state index in [0.29, 0.717) is 17.5 Å². The SMILES string of the molecule is Cc1cnn2c(NCC(C)C)cc(Oc3ccncc3)nc12. The van der Waals surface area contributed by atoms with Gasteiger partial charge in [-0.1, -0.05) is 13.8 Å². The lowest BCUT2D eigenvalue weighted by Gasteiger charge is -2.12. The smallest absolute Gasteiger partial charge is 0.224 e. The van der Waals surface area contributed by atoms with Crippen LogP contribution in [0.2, 0.25) is 0 Å². The molecule has 0 fully saturated rings. The minimum Gasteiger partial charge on any atom is -0.439 e. The van der Waals surface area contributed by atoms with Crippen LogP contribution in [0, 0.1) is 12.8 Å². The summed E-state index contributed by atoms with van der Waals surface area (Å²) >= 11 is 0. The van der Waals surface area contributed by atoms with Crippen molar-refractivity contribution in [2.75, 3.05) is 11.9 Å². The van der Waals surface area contributed by atoms with Crippen LogP contribution in [-0.2, 0) is 0 Å². The Morgan fingerprint density at radius 3 is 2.77 bits per heavy atom. The fraction of sp³-hybridized carbons (Fsp3) is 0.312. The lowest BCUT2D eigenvalue weighted by atomic mass is 10.2. The number of aromatic nitrogens is 4. The summed E-state index contributed by atoms with van der Waals surface area (Å²) in [6.07, 6.45) is 5.19. The Kier molecular flexibility index (Phi) is 3.91. The molecule has 0 aliphatic heterocycles. The zero-order chi connectivity index (χ0) is 15.5. The number of hydrogen-bond donors (Lipinski definition) is 1. The number of nitrogens with one attached hydrogen (secondary N) is 1. The number of nitrogens with zero attached hydrogens (tertiary/aromatic N) is 4. The Bertz CT molecular complexity index is 767. The number of rotatable bonds is 5. The van der Waals surface area contributed by atoms with Crippen molar-refractivity contribution in [1.82, 2.24) is 19.6 Å². The van der Waals surface area contributed by atoms with Crippen molar-refractivity contribution < 1.29 is 4.74 Å². The van der Waals surface area contributed by atoms with E-state index in [-0.39, 0.29) is 0 Å². The molecular formula is C16H19N5O. The van der Waals surface area contributed by atoms with Crippen molar-refractivity contribution in [3.05, 3.63) is 42.4 Å².